The molecule has 0 spiro atoms. The van der Waals surface area contributed by atoms with Gasteiger partial charge in [0.1, 0.15) is 0 Å². The van der Waals surface area contributed by atoms with Gasteiger partial charge in [0.25, 0.3) is 0 Å². The monoisotopic (exact) mass is 263 g/mol. The van der Waals surface area contributed by atoms with Crippen LogP contribution in [-0.2, 0) is 5.41 Å². The Hall–Kier alpha value is -1.22. The number of phenolic OH excluding ortho intramolecular Hbond substituents is 1. The lowest BCUT2D eigenvalue weighted by Crippen LogP contribution is -2.37. The third kappa shape index (κ3) is 2.32. The summed E-state index contributed by atoms with van der Waals surface area (Å²) in [6.07, 6.45) is 5.76. The van der Waals surface area contributed by atoms with E-state index in [4.69, 9.17) is 10.5 Å². The summed E-state index contributed by atoms with van der Waals surface area (Å²) >= 11 is 0. The van der Waals surface area contributed by atoms with E-state index in [1.165, 1.54) is 19.3 Å². The number of aryl methyl sites for hydroxylation is 1. The van der Waals surface area contributed by atoms with Crippen molar-refractivity contribution in [1.29, 1.82) is 0 Å². The van der Waals surface area contributed by atoms with E-state index in [1.54, 1.807) is 7.11 Å². The molecular weight excluding hydrogens is 238 g/mol. The van der Waals surface area contributed by atoms with Crippen molar-refractivity contribution in [3.8, 4) is 11.5 Å². The van der Waals surface area contributed by atoms with Gasteiger partial charge in [-0.2, -0.15) is 0 Å². The van der Waals surface area contributed by atoms with E-state index in [-0.39, 0.29) is 11.2 Å². The van der Waals surface area contributed by atoms with Crippen LogP contribution in [0.25, 0.3) is 0 Å². The quantitative estimate of drug-likeness (QED) is 0.880. The van der Waals surface area contributed by atoms with Gasteiger partial charge in [-0.25, -0.2) is 0 Å². The van der Waals surface area contributed by atoms with E-state index in [9.17, 15) is 5.11 Å². The molecule has 0 amide bonds. The van der Waals surface area contributed by atoms with E-state index >= 15 is 0 Å². The van der Waals surface area contributed by atoms with Gasteiger partial charge < -0.3 is 15.6 Å². The zero-order valence-electron chi connectivity index (χ0n) is 12.3. The number of benzene rings is 1. The summed E-state index contributed by atoms with van der Waals surface area (Å²) in [6, 6.07) is 2.10. The molecule has 0 aromatic heterocycles. The number of ether oxygens (including phenoxy) is 1. The van der Waals surface area contributed by atoms with Gasteiger partial charge in [-0.05, 0) is 37.8 Å². The second-order valence-electron chi connectivity index (χ2n) is 5.79. The maximum absolute atomic E-state index is 10.6. The maximum Gasteiger partial charge on any atom is 0.163 e. The maximum atomic E-state index is 10.6. The zero-order valence-corrected chi connectivity index (χ0v) is 12.3. The number of aromatic hydroxyl groups is 1. The Morgan fingerprint density at radius 3 is 2.42 bits per heavy atom. The Bertz CT molecular complexity index is 462. The third-order valence-electron chi connectivity index (χ3n) is 4.74. The molecule has 19 heavy (non-hydrogen) atoms. The SMILES string of the molecule is COc1c(C)c(C)cc(C2(CN)CCCCC2)c1O. The van der Waals surface area contributed by atoms with E-state index in [0.29, 0.717) is 12.3 Å². The van der Waals surface area contributed by atoms with Crippen LogP contribution in [0.4, 0.5) is 0 Å². The molecule has 1 fully saturated rings. The lowest BCUT2D eigenvalue weighted by molar-refractivity contribution is 0.285. The molecule has 0 unspecified atom stereocenters. The molecule has 0 saturated heterocycles. The van der Waals surface area contributed by atoms with Gasteiger partial charge in [-0.1, -0.05) is 25.3 Å². The first-order chi connectivity index (χ1) is 9.05. The molecule has 3 N–H and O–H groups in total. The second kappa shape index (κ2) is 5.41. The van der Waals surface area contributed by atoms with Gasteiger partial charge in [-0.15, -0.1) is 0 Å². The lowest BCUT2D eigenvalue weighted by Gasteiger charge is -2.38. The fourth-order valence-electron chi connectivity index (χ4n) is 3.34. The molecule has 0 heterocycles. The molecule has 3 heteroatoms. The number of methoxy groups -OCH3 is 1. The second-order valence-corrected chi connectivity index (χ2v) is 5.79. The predicted octanol–water partition coefficient (Wildman–Crippen LogP) is 3.18. The van der Waals surface area contributed by atoms with E-state index in [2.05, 4.69) is 13.0 Å². The van der Waals surface area contributed by atoms with Crippen LogP contribution in [0.5, 0.6) is 11.5 Å². The van der Waals surface area contributed by atoms with Gasteiger partial charge >= 0.3 is 0 Å². The van der Waals surface area contributed by atoms with Crippen LogP contribution in [0.3, 0.4) is 0 Å². The van der Waals surface area contributed by atoms with Crippen LogP contribution in [0.2, 0.25) is 0 Å². The first-order valence-corrected chi connectivity index (χ1v) is 7.13. The van der Waals surface area contributed by atoms with Gasteiger partial charge in [0.15, 0.2) is 11.5 Å². The number of hydrogen-bond donors (Lipinski definition) is 2. The van der Waals surface area contributed by atoms with Crippen molar-refractivity contribution in [2.24, 2.45) is 5.73 Å². The fraction of sp³-hybridized carbons (Fsp3) is 0.625. The average Bonchev–Trinajstić information content (AvgIpc) is 2.44. The number of nitrogens with two attached hydrogens (primary N) is 1. The largest absolute Gasteiger partial charge is 0.504 e. The van der Waals surface area contributed by atoms with Crippen molar-refractivity contribution < 1.29 is 9.84 Å². The Kier molecular flexibility index (Phi) is 4.04. The summed E-state index contributed by atoms with van der Waals surface area (Å²) in [4.78, 5) is 0. The first-order valence-electron chi connectivity index (χ1n) is 7.13. The molecule has 2 rings (SSSR count). The van der Waals surface area contributed by atoms with Crippen LogP contribution >= 0.6 is 0 Å². The summed E-state index contributed by atoms with van der Waals surface area (Å²) in [7, 11) is 1.61. The van der Waals surface area contributed by atoms with Crippen molar-refractivity contribution in [1.82, 2.24) is 0 Å². The smallest absolute Gasteiger partial charge is 0.163 e. The molecule has 3 nitrogen and oxygen atoms in total. The summed E-state index contributed by atoms with van der Waals surface area (Å²) in [5.41, 5.74) is 9.13. The lowest BCUT2D eigenvalue weighted by atomic mass is 9.68. The van der Waals surface area contributed by atoms with Crippen LogP contribution in [0.15, 0.2) is 6.07 Å². The van der Waals surface area contributed by atoms with Crippen LogP contribution in [0.1, 0.15) is 48.8 Å². The molecule has 106 valence electrons. The van der Waals surface area contributed by atoms with Crippen molar-refractivity contribution in [3.63, 3.8) is 0 Å². The molecule has 1 aromatic carbocycles. The Morgan fingerprint density at radius 1 is 1.26 bits per heavy atom. The molecule has 0 bridgehead atoms. The summed E-state index contributed by atoms with van der Waals surface area (Å²) < 4.78 is 5.39. The van der Waals surface area contributed by atoms with Crippen molar-refractivity contribution in [3.05, 3.63) is 22.8 Å². The highest BCUT2D eigenvalue weighted by molar-refractivity contribution is 5.56. The minimum absolute atomic E-state index is 0.0753. The molecule has 1 saturated carbocycles. The highest BCUT2D eigenvalue weighted by Gasteiger charge is 2.36. The Morgan fingerprint density at radius 2 is 1.89 bits per heavy atom. The predicted molar refractivity (Wildman–Crippen MR) is 78.0 cm³/mol. The third-order valence-corrected chi connectivity index (χ3v) is 4.74. The van der Waals surface area contributed by atoms with Crippen LogP contribution in [0, 0.1) is 13.8 Å². The van der Waals surface area contributed by atoms with E-state index < -0.39 is 0 Å². The van der Waals surface area contributed by atoms with E-state index in [0.717, 1.165) is 29.5 Å². The Balaban J connectivity index is 2.57. The summed E-state index contributed by atoms with van der Waals surface area (Å²) in [5.74, 6) is 0.895. The van der Waals surface area contributed by atoms with Crippen molar-refractivity contribution >= 4 is 0 Å². The molecule has 1 aliphatic rings. The first kappa shape index (κ1) is 14.2. The average molecular weight is 263 g/mol. The van der Waals surface area contributed by atoms with E-state index in [1.807, 2.05) is 6.92 Å². The molecule has 0 radical (unpaired) electrons. The Labute approximate surface area is 115 Å². The highest BCUT2D eigenvalue weighted by Crippen LogP contribution is 2.47. The summed E-state index contributed by atoms with van der Waals surface area (Å²) in [5, 5.41) is 10.6. The molecule has 1 aliphatic carbocycles. The van der Waals surface area contributed by atoms with Gasteiger partial charge in [0.2, 0.25) is 0 Å². The standard InChI is InChI=1S/C16H25NO2/c1-11-9-13(14(18)15(19-3)12(11)2)16(10-17)7-5-4-6-8-16/h9,18H,4-8,10,17H2,1-3H3. The molecule has 0 aliphatic heterocycles. The molecular formula is C16H25NO2. The molecule has 1 aromatic rings. The topological polar surface area (TPSA) is 55.5 Å². The van der Waals surface area contributed by atoms with Crippen molar-refractivity contribution in [2.45, 2.75) is 51.4 Å². The van der Waals surface area contributed by atoms with Gasteiger partial charge in [0, 0.05) is 17.5 Å². The number of phenols is 1. The van der Waals surface area contributed by atoms with Gasteiger partial charge in [-0.3, -0.25) is 0 Å². The molecule has 0 atom stereocenters. The number of rotatable bonds is 3. The summed E-state index contributed by atoms with van der Waals surface area (Å²) in [6.45, 7) is 4.63. The fourth-order valence-corrected chi connectivity index (χ4v) is 3.34. The van der Waals surface area contributed by atoms with Crippen molar-refractivity contribution in [2.75, 3.05) is 13.7 Å². The van der Waals surface area contributed by atoms with Gasteiger partial charge in [0.05, 0.1) is 7.11 Å². The normalized spacial score (nSPS) is 18.3. The van der Waals surface area contributed by atoms with Crippen LogP contribution in [-0.4, -0.2) is 18.8 Å². The zero-order chi connectivity index (χ0) is 14.0. The highest BCUT2D eigenvalue weighted by atomic mass is 16.5. The van der Waals surface area contributed by atoms with Crippen LogP contribution < -0.4 is 10.5 Å². The minimum Gasteiger partial charge on any atom is -0.504 e. The number of hydrogen-bond acceptors (Lipinski definition) is 3. The minimum atomic E-state index is -0.0753.